The number of carbonyl (C=O) groups excluding carboxylic acids is 1. The average Bonchev–Trinajstić information content (AvgIpc) is 2.96. The molecular weight excluding hydrogens is 466 g/mol. The fourth-order valence-corrected chi connectivity index (χ4v) is 3.81. The molecular formula is C31H31NO5. The largest absolute Gasteiger partial charge is 0.493 e. The molecule has 0 aliphatic rings. The van der Waals surface area contributed by atoms with Gasteiger partial charge in [-0.3, -0.25) is 4.79 Å². The fraction of sp³-hybridized carbons (Fsp3) is 0.194. The number of amides is 1. The molecule has 0 radical (unpaired) electrons. The third-order valence-electron chi connectivity index (χ3n) is 5.83. The van der Waals surface area contributed by atoms with Crippen molar-refractivity contribution in [3.8, 4) is 23.0 Å². The first-order valence-corrected chi connectivity index (χ1v) is 12.1. The highest BCUT2D eigenvalue weighted by atomic mass is 16.5. The molecule has 6 nitrogen and oxygen atoms in total. The van der Waals surface area contributed by atoms with Gasteiger partial charge in [-0.1, -0.05) is 66.7 Å². The zero-order valence-corrected chi connectivity index (χ0v) is 21.1. The Morgan fingerprint density at radius 2 is 1.22 bits per heavy atom. The monoisotopic (exact) mass is 497 g/mol. The summed E-state index contributed by atoms with van der Waals surface area (Å²) in [4.78, 5) is 12.8. The van der Waals surface area contributed by atoms with E-state index in [0.717, 1.165) is 16.7 Å². The Bertz CT molecular complexity index is 1290. The average molecular weight is 498 g/mol. The standard InChI is InChI=1S/C31H31NO5/c1-34-27-15-13-23(19-30(27)37-22-25-11-7-4-8-12-25)17-18-32-31(33)26-14-16-28(29(20-26)35-2)36-21-24-9-5-3-6-10-24/h3-16,19-20H,17-18,21-22H2,1-2H3,(H,32,33). The zero-order chi connectivity index (χ0) is 25.9. The minimum Gasteiger partial charge on any atom is -0.493 e. The number of hydrogen-bond donors (Lipinski definition) is 1. The summed E-state index contributed by atoms with van der Waals surface area (Å²) in [5.74, 6) is 2.27. The molecule has 0 spiro atoms. The van der Waals surface area contributed by atoms with Crippen LogP contribution in [0, 0.1) is 0 Å². The van der Waals surface area contributed by atoms with E-state index in [0.29, 0.717) is 54.7 Å². The van der Waals surface area contributed by atoms with Crippen molar-refractivity contribution in [1.29, 1.82) is 0 Å². The maximum absolute atomic E-state index is 12.8. The van der Waals surface area contributed by atoms with Crippen molar-refractivity contribution >= 4 is 5.91 Å². The lowest BCUT2D eigenvalue weighted by atomic mass is 10.1. The van der Waals surface area contributed by atoms with Gasteiger partial charge in [-0.15, -0.1) is 0 Å². The molecule has 0 saturated heterocycles. The molecule has 0 bridgehead atoms. The van der Waals surface area contributed by atoms with E-state index in [-0.39, 0.29) is 5.91 Å². The number of rotatable bonds is 12. The molecule has 190 valence electrons. The summed E-state index contributed by atoms with van der Waals surface area (Å²) < 4.78 is 22.8. The van der Waals surface area contributed by atoms with E-state index in [1.165, 1.54) is 0 Å². The highest BCUT2D eigenvalue weighted by molar-refractivity contribution is 5.94. The zero-order valence-electron chi connectivity index (χ0n) is 21.1. The van der Waals surface area contributed by atoms with Crippen LogP contribution in [0.25, 0.3) is 0 Å². The van der Waals surface area contributed by atoms with Crippen molar-refractivity contribution in [2.24, 2.45) is 0 Å². The Balaban J connectivity index is 1.32. The second-order valence-corrected chi connectivity index (χ2v) is 8.41. The van der Waals surface area contributed by atoms with Crippen molar-refractivity contribution in [3.63, 3.8) is 0 Å². The van der Waals surface area contributed by atoms with Crippen molar-refractivity contribution in [2.45, 2.75) is 19.6 Å². The quantitative estimate of drug-likeness (QED) is 0.267. The minimum atomic E-state index is -0.179. The molecule has 0 saturated carbocycles. The van der Waals surface area contributed by atoms with Gasteiger partial charge in [0.25, 0.3) is 5.91 Å². The van der Waals surface area contributed by atoms with E-state index in [1.807, 2.05) is 78.9 Å². The number of nitrogens with one attached hydrogen (secondary N) is 1. The molecule has 0 aliphatic carbocycles. The SMILES string of the molecule is COc1cc(C(=O)NCCc2ccc(OC)c(OCc3ccccc3)c2)ccc1OCc1ccccc1. The molecule has 4 rings (SSSR count). The number of hydrogen-bond acceptors (Lipinski definition) is 5. The van der Waals surface area contributed by atoms with Gasteiger partial charge in [0.1, 0.15) is 13.2 Å². The van der Waals surface area contributed by atoms with Crippen molar-refractivity contribution in [2.75, 3.05) is 20.8 Å². The molecule has 0 atom stereocenters. The number of methoxy groups -OCH3 is 2. The van der Waals surface area contributed by atoms with E-state index in [2.05, 4.69) is 5.32 Å². The predicted molar refractivity (Wildman–Crippen MR) is 144 cm³/mol. The predicted octanol–water partition coefficient (Wildman–Crippen LogP) is 5.83. The molecule has 1 N–H and O–H groups in total. The second-order valence-electron chi connectivity index (χ2n) is 8.41. The third kappa shape index (κ3) is 7.27. The highest BCUT2D eigenvalue weighted by Gasteiger charge is 2.12. The van der Waals surface area contributed by atoms with Gasteiger partial charge < -0.3 is 24.3 Å². The van der Waals surface area contributed by atoms with Crippen LogP contribution in [0.3, 0.4) is 0 Å². The first kappa shape index (κ1) is 25.6. The first-order valence-electron chi connectivity index (χ1n) is 12.1. The summed E-state index contributed by atoms with van der Waals surface area (Å²) in [7, 11) is 3.18. The molecule has 0 fully saturated rings. The summed E-state index contributed by atoms with van der Waals surface area (Å²) >= 11 is 0. The van der Waals surface area contributed by atoms with Crippen molar-refractivity contribution < 1.29 is 23.7 Å². The van der Waals surface area contributed by atoms with Crippen molar-refractivity contribution in [3.05, 3.63) is 119 Å². The molecule has 6 heteroatoms. The lowest BCUT2D eigenvalue weighted by molar-refractivity contribution is 0.0953. The first-order chi connectivity index (χ1) is 18.2. The van der Waals surface area contributed by atoms with E-state index < -0.39 is 0 Å². The Hall–Kier alpha value is -4.45. The number of carbonyl (C=O) groups is 1. The van der Waals surface area contributed by atoms with E-state index in [9.17, 15) is 4.79 Å². The normalized spacial score (nSPS) is 10.4. The number of ether oxygens (including phenoxy) is 4. The van der Waals surface area contributed by atoms with Crippen LogP contribution in [0.5, 0.6) is 23.0 Å². The number of benzene rings is 4. The lowest BCUT2D eigenvalue weighted by Crippen LogP contribution is -2.25. The maximum Gasteiger partial charge on any atom is 0.251 e. The molecule has 0 heterocycles. The Morgan fingerprint density at radius 1 is 0.622 bits per heavy atom. The Labute approximate surface area is 217 Å². The Morgan fingerprint density at radius 3 is 1.84 bits per heavy atom. The summed E-state index contributed by atoms with van der Waals surface area (Å²) in [5.41, 5.74) is 3.67. The maximum atomic E-state index is 12.8. The van der Waals surface area contributed by atoms with Gasteiger partial charge in [-0.25, -0.2) is 0 Å². The molecule has 4 aromatic carbocycles. The highest BCUT2D eigenvalue weighted by Crippen LogP contribution is 2.30. The molecule has 1 amide bonds. The van der Waals surface area contributed by atoms with Gasteiger partial charge in [-0.05, 0) is 53.4 Å². The van der Waals surface area contributed by atoms with Crippen molar-refractivity contribution in [1.82, 2.24) is 5.32 Å². The topological polar surface area (TPSA) is 66.0 Å². The second kappa shape index (κ2) is 13.0. The van der Waals surface area contributed by atoms with E-state index >= 15 is 0 Å². The van der Waals surface area contributed by atoms with Gasteiger partial charge in [0.15, 0.2) is 23.0 Å². The van der Waals surface area contributed by atoms with Crippen LogP contribution in [0.15, 0.2) is 97.1 Å². The van der Waals surface area contributed by atoms with Crippen LogP contribution in [-0.4, -0.2) is 26.7 Å². The third-order valence-corrected chi connectivity index (χ3v) is 5.83. The van der Waals surface area contributed by atoms with Crippen LogP contribution < -0.4 is 24.3 Å². The van der Waals surface area contributed by atoms with E-state index in [4.69, 9.17) is 18.9 Å². The van der Waals surface area contributed by atoms with Crippen LogP contribution in [-0.2, 0) is 19.6 Å². The fourth-order valence-electron chi connectivity index (χ4n) is 3.81. The van der Waals surface area contributed by atoms with Crippen LogP contribution in [0.1, 0.15) is 27.0 Å². The summed E-state index contributed by atoms with van der Waals surface area (Å²) in [6.45, 7) is 1.34. The van der Waals surface area contributed by atoms with E-state index in [1.54, 1.807) is 32.4 Å². The van der Waals surface area contributed by atoms with Gasteiger partial charge in [0, 0.05) is 12.1 Å². The van der Waals surface area contributed by atoms with Gasteiger partial charge in [0.2, 0.25) is 0 Å². The Kier molecular flexibility index (Phi) is 9.02. The van der Waals surface area contributed by atoms with Gasteiger partial charge in [0.05, 0.1) is 14.2 Å². The molecule has 0 unspecified atom stereocenters. The summed E-state index contributed by atoms with van der Waals surface area (Å²) in [6, 6.07) is 30.9. The molecule has 4 aromatic rings. The van der Waals surface area contributed by atoms with Gasteiger partial charge in [-0.2, -0.15) is 0 Å². The van der Waals surface area contributed by atoms with Crippen LogP contribution in [0.4, 0.5) is 0 Å². The molecule has 37 heavy (non-hydrogen) atoms. The van der Waals surface area contributed by atoms with Gasteiger partial charge >= 0.3 is 0 Å². The lowest BCUT2D eigenvalue weighted by Gasteiger charge is -2.14. The molecule has 0 aliphatic heterocycles. The smallest absolute Gasteiger partial charge is 0.251 e. The minimum absolute atomic E-state index is 0.179. The van der Waals surface area contributed by atoms with Crippen LogP contribution in [0.2, 0.25) is 0 Å². The van der Waals surface area contributed by atoms with Crippen LogP contribution >= 0.6 is 0 Å². The molecule has 0 aromatic heterocycles. The summed E-state index contributed by atoms with van der Waals surface area (Å²) in [5, 5.41) is 2.97. The summed E-state index contributed by atoms with van der Waals surface area (Å²) in [6.07, 6.45) is 0.646.